The summed E-state index contributed by atoms with van der Waals surface area (Å²) in [7, 11) is 1.76. The molecule has 3 heterocycles. The molecule has 27 heavy (non-hydrogen) atoms. The lowest BCUT2D eigenvalue weighted by molar-refractivity contribution is -0.138. The number of fused-ring (bicyclic) bond motifs is 3. The van der Waals surface area contributed by atoms with E-state index in [-0.39, 0.29) is 37.0 Å². The Morgan fingerprint density at radius 1 is 1.26 bits per heavy atom. The number of hydrogen-bond acceptors (Lipinski definition) is 5. The third-order valence-electron chi connectivity index (χ3n) is 5.82. The molecule has 0 aliphatic carbocycles. The van der Waals surface area contributed by atoms with E-state index in [4.69, 9.17) is 0 Å². The zero-order valence-electron chi connectivity index (χ0n) is 16.1. The number of amides is 3. The summed E-state index contributed by atoms with van der Waals surface area (Å²) in [4.78, 5) is 33.3. The first-order chi connectivity index (χ1) is 12.9. The number of carbonyl (C=O) groups is 2. The van der Waals surface area contributed by atoms with Gasteiger partial charge in [-0.05, 0) is 24.5 Å². The van der Waals surface area contributed by atoms with E-state index >= 15 is 0 Å². The summed E-state index contributed by atoms with van der Waals surface area (Å²) >= 11 is 0. The molecule has 3 aliphatic rings. The molecule has 0 aromatic heterocycles. The Hall–Kier alpha value is -2.38. The fraction of sp³-hybridized carbons (Fsp3) is 0.500. The molecule has 7 heteroatoms. The van der Waals surface area contributed by atoms with Gasteiger partial charge < -0.3 is 9.80 Å². The third-order valence-corrected chi connectivity index (χ3v) is 5.82. The van der Waals surface area contributed by atoms with E-state index in [1.807, 2.05) is 12.1 Å². The minimum Gasteiger partial charge on any atom is -0.343 e. The lowest BCUT2D eigenvalue weighted by atomic mass is 10.0. The Balaban J connectivity index is 1.71. The van der Waals surface area contributed by atoms with E-state index in [1.54, 1.807) is 18.0 Å². The van der Waals surface area contributed by atoms with E-state index in [0.29, 0.717) is 5.92 Å². The van der Waals surface area contributed by atoms with Crippen LogP contribution >= 0.6 is 0 Å². The fourth-order valence-corrected chi connectivity index (χ4v) is 4.59. The van der Waals surface area contributed by atoms with E-state index < -0.39 is 0 Å². The number of nitrogens with zero attached hydrogens (tertiary/aromatic N) is 4. The summed E-state index contributed by atoms with van der Waals surface area (Å²) in [5.41, 5.74) is 2.36. The molecule has 0 spiro atoms. The molecule has 4 unspecified atom stereocenters. The molecule has 3 saturated heterocycles. The average Bonchev–Trinajstić information content (AvgIpc) is 3.03. The molecule has 3 amide bonds. The molecule has 144 valence electrons. The number of hydrogen-bond donors (Lipinski definition) is 1. The quantitative estimate of drug-likeness (QED) is 0.817. The Labute approximate surface area is 160 Å². The number of imide groups is 1. The monoisotopic (exact) mass is 369 g/mol. The highest BCUT2D eigenvalue weighted by Gasteiger charge is 2.56. The number of anilines is 1. The number of aryl methyl sites for hydroxylation is 1. The molecule has 1 aromatic rings. The van der Waals surface area contributed by atoms with Crippen LogP contribution in [0.15, 0.2) is 36.9 Å². The average molecular weight is 369 g/mol. The summed E-state index contributed by atoms with van der Waals surface area (Å²) in [6, 6.07) is 7.65. The van der Waals surface area contributed by atoms with Crippen LogP contribution in [-0.2, 0) is 4.79 Å². The van der Waals surface area contributed by atoms with Crippen molar-refractivity contribution in [2.24, 2.45) is 5.92 Å². The van der Waals surface area contributed by atoms with Gasteiger partial charge in [0, 0.05) is 32.4 Å². The summed E-state index contributed by atoms with van der Waals surface area (Å²) in [5, 5.41) is 3.55. The predicted molar refractivity (Wildman–Crippen MR) is 104 cm³/mol. The van der Waals surface area contributed by atoms with Gasteiger partial charge in [0.2, 0.25) is 0 Å². The first kappa shape index (κ1) is 18.0. The fourth-order valence-electron chi connectivity index (χ4n) is 4.59. The molecule has 0 radical (unpaired) electrons. The van der Waals surface area contributed by atoms with Gasteiger partial charge in [-0.15, -0.1) is 6.58 Å². The number of para-hydroxylation sites is 1. The Morgan fingerprint density at radius 3 is 2.70 bits per heavy atom. The van der Waals surface area contributed by atoms with Crippen LogP contribution in [0, 0.1) is 12.8 Å². The zero-order chi connectivity index (χ0) is 19.3. The maximum absolute atomic E-state index is 13.2. The van der Waals surface area contributed by atoms with Crippen LogP contribution in [0.3, 0.4) is 0 Å². The van der Waals surface area contributed by atoms with E-state index in [2.05, 4.69) is 47.7 Å². The Kier molecular flexibility index (Phi) is 4.44. The van der Waals surface area contributed by atoms with Crippen molar-refractivity contribution in [2.75, 3.05) is 31.6 Å². The van der Waals surface area contributed by atoms with Crippen LogP contribution in [0.25, 0.3) is 0 Å². The molecule has 3 fully saturated rings. The van der Waals surface area contributed by atoms with Crippen molar-refractivity contribution in [3.63, 3.8) is 0 Å². The first-order valence-corrected chi connectivity index (χ1v) is 9.47. The normalized spacial score (nSPS) is 31.1. The van der Waals surface area contributed by atoms with Crippen LogP contribution in [0.5, 0.6) is 0 Å². The van der Waals surface area contributed by atoms with Crippen molar-refractivity contribution in [1.82, 2.24) is 20.0 Å². The highest BCUT2D eigenvalue weighted by atomic mass is 16.2. The molecule has 3 aliphatic heterocycles. The van der Waals surface area contributed by atoms with E-state index in [9.17, 15) is 9.59 Å². The summed E-state index contributed by atoms with van der Waals surface area (Å²) in [5.74, 6) is 0.266. The molecule has 1 aromatic carbocycles. The number of carbonyl (C=O) groups excluding carboxylic acids is 2. The van der Waals surface area contributed by atoms with Crippen LogP contribution in [0.2, 0.25) is 0 Å². The van der Waals surface area contributed by atoms with Gasteiger partial charge in [0.05, 0.1) is 0 Å². The highest BCUT2D eigenvalue weighted by molar-refractivity contribution is 6.00. The van der Waals surface area contributed by atoms with Gasteiger partial charge >= 0.3 is 6.03 Å². The summed E-state index contributed by atoms with van der Waals surface area (Å²) in [6.45, 7) is 9.96. The first-order valence-electron chi connectivity index (χ1n) is 9.47. The third kappa shape index (κ3) is 2.73. The summed E-state index contributed by atoms with van der Waals surface area (Å²) in [6.07, 6.45) is 1.16. The van der Waals surface area contributed by atoms with Gasteiger partial charge in [-0.25, -0.2) is 4.79 Å². The van der Waals surface area contributed by atoms with Gasteiger partial charge in [-0.3, -0.25) is 19.9 Å². The maximum Gasteiger partial charge on any atom is 0.328 e. The topological polar surface area (TPSA) is 59.1 Å². The van der Waals surface area contributed by atoms with Crippen molar-refractivity contribution >= 4 is 17.6 Å². The van der Waals surface area contributed by atoms with Crippen LogP contribution < -0.4 is 10.2 Å². The van der Waals surface area contributed by atoms with Crippen molar-refractivity contribution in [2.45, 2.75) is 32.3 Å². The number of benzene rings is 1. The zero-order valence-corrected chi connectivity index (χ0v) is 16.1. The standard InChI is InChI=1S/C20H27N5O2/c1-5-10-23-18(26)16-17(22(4)20(23)27)21-19-24(11-13(2)12-25(16)19)15-9-7-6-8-14(15)3/h5-9,13,16-17,19,21H,1,10-12H2,2-4H3. The predicted octanol–water partition coefficient (Wildman–Crippen LogP) is 1.41. The van der Waals surface area contributed by atoms with Gasteiger partial charge in [0.1, 0.15) is 18.5 Å². The molecule has 4 atom stereocenters. The number of rotatable bonds is 3. The van der Waals surface area contributed by atoms with Crippen molar-refractivity contribution < 1.29 is 9.59 Å². The minimum atomic E-state index is -0.382. The Bertz CT molecular complexity index is 781. The van der Waals surface area contributed by atoms with Gasteiger partial charge in [0.25, 0.3) is 5.91 Å². The van der Waals surface area contributed by atoms with Gasteiger partial charge in [-0.2, -0.15) is 0 Å². The van der Waals surface area contributed by atoms with Crippen molar-refractivity contribution in [3.8, 4) is 0 Å². The molecule has 0 bridgehead atoms. The maximum atomic E-state index is 13.2. The molecule has 4 rings (SSSR count). The lowest BCUT2D eigenvalue weighted by Gasteiger charge is -2.46. The van der Waals surface area contributed by atoms with Crippen molar-refractivity contribution in [3.05, 3.63) is 42.5 Å². The van der Waals surface area contributed by atoms with E-state index in [0.717, 1.165) is 18.8 Å². The Morgan fingerprint density at radius 2 is 2.00 bits per heavy atom. The van der Waals surface area contributed by atoms with Crippen molar-refractivity contribution in [1.29, 1.82) is 0 Å². The second kappa shape index (κ2) is 6.65. The smallest absolute Gasteiger partial charge is 0.328 e. The molecule has 0 saturated carbocycles. The van der Waals surface area contributed by atoms with Crippen LogP contribution in [-0.4, -0.2) is 71.8 Å². The highest BCUT2D eigenvalue weighted by Crippen LogP contribution is 2.35. The second-order valence-electron chi connectivity index (χ2n) is 7.80. The van der Waals surface area contributed by atoms with Gasteiger partial charge in [-0.1, -0.05) is 31.2 Å². The van der Waals surface area contributed by atoms with Crippen LogP contribution in [0.1, 0.15) is 12.5 Å². The van der Waals surface area contributed by atoms with E-state index in [1.165, 1.54) is 10.5 Å². The summed E-state index contributed by atoms with van der Waals surface area (Å²) < 4.78 is 0. The molecular weight excluding hydrogens is 342 g/mol. The second-order valence-corrected chi connectivity index (χ2v) is 7.80. The lowest BCUT2D eigenvalue weighted by Crippen LogP contribution is -2.66. The van der Waals surface area contributed by atoms with Gasteiger partial charge in [0.15, 0.2) is 0 Å². The molecule has 1 N–H and O–H groups in total. The molecule has 7 nitrogen and oxygen atoms in total. The SMILES string of the molecule is C=CCN1C(=O)C2C(NC3N(c4ccccc4C)CC(C)CN23)N(C)C1=O. The molecular formula is C20H27N5O2. The number of nitrogens with one attached hydrogen (secondary N) is 1. The number of likely N-dealkylation sites (N-methyl/N-ethyl adjacent to an activating group) is 1. The largest absolute Gasteiger partial charge is 0.343 e. The number of urea groups is 1. The van der Waals surface area contributed by atoms with Crippen LogP contribution in [0.4, 0.5) is 10.5 Å². The minimum absolute atomic E-state index is 0.111.